The molecule has 5 heteroatoms. The van der Waals surface area contributed by atoms with Crippen molar-refractivity contribution >= 4 is 10.9 Å². The molecule has 142 valence electrons. The van der Waals surface area contributed by atoms with Crippen LogP contribution in [0.1, 0.15) is 36.1 Å². The van der Waals surface area contributed by atoms with Crippen LogP contribution in [0, 0.1) is 19.8 Å². The minimum atomic E-state index is 0.0886. The number of benzene rings is 1. The van der Waals surface area contributed by atoms with Crippen LogP contribution in [0.2, 0.25) is 0 Å². The molecule has 1 aliphatic heterocycles. The highest BCUT2D eigenvalue weighted by Crippen LogP contribution is 2.17. The Hall–Kier alpha value is -1.69. The molecule has 0 spiro atoms. The maximum Gasteiger partial charge on any atom is 0.189 e. The van der Waals surface area contributed by atoms with Gasteiger partial charge in [0.25, 0.3) is 0 Å². The molecule has 0 unspecified atom stereocenters. The van der Waals surface area contributed by atoms with Crippen LogP contribution < -0.4 is 10.7 Å². The molecule has 2 heterocycles. The van der Waals surface area contributed by atoms with Crippen LogP contribution in [0.25, 0.3) is 10.9 Å². The van der Waals surface area contributed by atoms with Gasteiger partial charge in [0.05, 0.1) is 5.52 Å². The van der Waals surface area contributed by atoms with E-state index < -0.39 is 0 Å². The third kappa shape index (κ3) is 4.72. The monoisotopic (exact) mass is 357 g/mol. The van der Waals surface area contributed by atoms with Gasteiger partial charge < -0.3 is 20.3 Å². The first-order valence-electron chi connectivity index (χ1n) is 9.74. The predicted molar refractivity (Wildman–Crippen MR) is 107 cm³/mol. The average Bonchev–Trinajstić information content (AvgIpc) is 2.62. The van der Waals surface area contributed by atoms with Gasteiger partial charge in [0.15, 0.2) is 5.43 Å². The number of pyridine rings is 1. The van der Waals surface area contributed by atoms with Gasteiger partial charge in [-0.1, -0.05) is 6.07 Å². The number of piperidine rings is 1. The number of nitrogens with one attached hydrogen (secondary N) is 2. The molecule has 0 amide bonds. The summed E-state index contributed by atoms with van der Waals surface area (Å²) in [7, 11) is 0. The molecule has 0 aliphatic carbocycles. The van der Waals surface area contributed by atoms with Crippen molar-refractivity contribution in [2.75, 3.05) is 32.8 Å². The smallest absolute Gasteiger partial charge is 0.189 e. The van der Waals surface area contributed by atoms with E-state index >= 15 is 0 Å². The van der Waals surface area contributed by atoms with E-state index in [0.29, 0.717) is 19.1 Å². The first-order chi connectivity index (χ1) is 12.6. The number of aliphatic hydroxyl groups excluding tert-OH is 1. The second-order valence-electron chi connectivity index (χ2n) is 7.68. The number of H-pyrrole nitrogens is 1. The van der Waals surface area contributed by atoms with Crippen molar-refractivity contribution in [2.24, 2.45) is 5.92 Å². The predicted octanol–water partition coefficient (Wildman–Crippen LogP) is 2.33. The number of hydrogen-bond acceptors (Lipinski definition) is 4. The molecule has 0 radical (unpaired) electrons. The van der Waals surface area contributed by atoms with Crippen molar-refractivity contribution in [2.45, 2.75) is 39.7 Å². The minimum absolute atomic E-state index is 0.0886. The van der Waals surface area contributed by atoms with Gasteiger partial charge in [0.2, 0.25) is 0 Å². The zero-order chi connectivity index (χ0) is 18.5. The molecule has 5 nitrogen and oxygen atoms in total. The SMILES string of the molecule is Cc1cc(C)c2[nH]c(CNCCCN3CCC[C@H](CO)C3)cc(=O)c2c1. The average molecular weight is 357 g/mol. The number of likely N-dealkylation sites (tertiary alicyclic amines) is 1. The summed E-state index contributed by atoms with van der Waals surface area (Å²) in [6, 6.07) is 5.77. The summed E-state index contributed by atoms with van der Waals surface area (Å²) >= 11 is 0. The molecular weight excluding hydrogens is 326 g/mol. The van der Waals surface area contributed by atoms with Gasteiger partial charge in [-0.3, -0.25) is 4.79 Å². The molecule has 1 atom stereocenters. The van der Waals surface area contributed by atoms with Gasteiger partial charge in [-0.25, -0.2) is 0 Å². The lowest BCUT2D eigenvalue weighted by atomic mass is 9.99. The Bertz CT molecular complexity index is 800. The molecule has 1 aromatic heterocycles. The standard InChI is InChI=1S/C21H31N3O2/c1-15-9-16(2)21-19(10-15)20(26)11-18(23-21)12-22-6-4-8-24-7-3-5-17(13-24)14-25/h9-11,17,22,25H,3-8,12-14H2,1-2H3,(H,23,26)/t17-/m0/s1. The third-order valence-corrected chi connectivity index (χ3v) is 5.34. The lowest BCUT2D eigenvalue weighted by Crippen LogP contribution is -2.38. The van der Waals surface area contributed by atoms with Crippen molar-refractivity contribution in [3.05, 3.63) is 45.2 Å². The highest BCUT2D eigenvalue weighted by atomic mass is 16.3. The molecule has 26 heavy (non-hydrogen) atoms. The Balaban J connectivity index is 1.50. The van der Waals surface area contributed by atoms with Crippen LogP contribution in [0.3, 0.4) is 0 Å². The van der Waals surface area contributed by atoms with E-state index in [-0.39, 0.29) is 5.43 Å². The van der Waals surface area contributed by atoms with E-state index in [4.69, 9.17) is 0 Å². The molecule has 0 bridgehead atoms. The van der Waals surface area contributed by atoms with Crippen LogP contribution >= 0.6 is 0 Å². The molecule has 2 aromatic rings. The summed E-state index contributed by atoms with van der Waals surface area (Å²) in [6.45, 7) is 9.21. The van der Waals surface area contributed by atoms with Gasteiger partial charge in [-0.05, 0) is 75.9 Å². The number of aromatic amines is 1. The van der Waals surface area contributed by atoms with E-state index in [9.17, 15) is 9.90 Å². The highest BCUT2D eigenvalue weighted by molar-refractivity contribution is 5.82. The number of fused-ring (bicyclic) bond motifs is 1. The summed E-state index contributed by atoms with van der Waals surface area (Å²) in [6.07, 6.45) is 3.42. The van der Waals surface area contributed by atoms with E-state index in [2.05, 4.69) is 21.3 Å². The Labute approximate surface area is 155 Å². The van der Waals surface area contributed by atoms with Gasteiger partial charge in [-0.15, -0.1) is 0 Å². The van der Waals surface area contributed by atoms with E-state index in [1.165, 1.54) is 6.42 Å². The largest absolute Gasteiger partial charge is 0.396 e. The van der Waals surface area contributed by atoms with Gasteiger partial charge >= 0.3 is 0 Å². The lowest BCUT2D eigenvalue weighted by molar-refractivity contribution is 0.119. The minimum Gasteiger partial charge on any atom is -0.396 e. The van der Waals surface area contributed by atoms with Crippen molar-refractivity contribution < 1.29 is 5.11 Å². The number of hydrogen-bond donors (Lipinski definition) is 3. The fraction of sp³-hybridized carbons (Fsp3) is 0.571. The summed E-state index contributed by atoms with van der Waals surface area (Å²) in [4.78, 5) is 18.3. The Kier molecular flexibility index (Phi) is 6.46. The lowest BCUT2D eigenvalue weighted by Gasteiger charge is -2.31. The number of aliphatic hydroxyl groups is 1. The molecule has 1 aliphatic rings. The van der Waals surface area contributed by atoms with Crippen LogP contribution in [0.5, 0.6) is 0 Å². The molecule has 1 saturated heterocycles. The maximum atomic E-state index is 12.4. The maximum absolute atomic E-state index is 12.4. The zero-order valence-electron chi connectivity index (χ0n) is 16.0. The second kappa shape index (κ2) is 8.80. The first kappa shape index (κ1) is 19.1. The fourth-order valence-electron chi connectivity index (χ4n) is 4.01. The van der Waals surface area contributed by atoms with Crippen molar-refractivity contribution in [3.63, 3.8) is 0 Å². The third-order valence-electron chi connectivity index (χ3n) is 5.34. The van der Waals surface area contributed by atoms with Crippen molar-refractivity contribution in [3.8, 4) is 0 Å². The van der Waals surface area contributed by atoms with Crippen molar-refractivity contribution in [1.82, 2.24) is 15.2 Å². The molecule has 1 fully saturated rings. The number of aromatic nitrogens is 1. The van der Waals surface area contributed by atoms with Gasteiger partial charge in [0, 0.05) is 36.8 Å². The molecular formula is C21H31N3O2. The molecule has 0 saturated carbocycles. The fourth-order valence-corrected chi connectivity index (χ4v) is 4.01. The second-order valence-corrected chi connectivity index (χ2v) is 7.68. The van der Waals surface area contributed by atoms with Crippen LogP contribution in [0.15, 0.2) is 23.0 Å². The van der Waals surface area contributed by atoms with Gasteiger partial charge in [0.1, 0.15) is 0 Å². The van der Waals surface area contributed by atoms with Crippen LogP contribution in [0.4, 0.5) is 0 Å². The molecule has 1 aromatic carbocycles. The van der Waals surface area contributed by atoms with E-state index in [0.717, 1.165) is 66.7 Å². The summed E-state index contributed by atoms with van der Waals surface area (Å²) in [5, 5.41) is 13.5. The quantitative estimate of drug-likeness (QED) is 0.665. The zero-order valence-corrected chi connectivity index (χ0v) is 16.0. The number of aryl methyl sites for hydroxylation is 2. The summed E-state index contributed by atoms with van der Waals surface area (Å²) in [5.41, 5.74) is 4.21. The Morgan fingerprint density at radius 1 is 1.31 bits per heavy atom. The van der Waals surface area contributed by atoms with E-state index in [1.807, 2.05) is 19.9 Å². The summed E-state index contributed by atoms with van der Waals surface area (Å²) < 4.78 is 0. The Morgan fingerprint density at radius 3 is 2.96 bits per heavy atom. The number of rotatable bonds is 7. The molecule has 3 rings (SSSR count). The van der Waals surface area contributed by atoms with Crippen LogP contribution in [-0.2, 0) is 6.54 Å². The first-order valence-corrected chi connectivity index (χ1v) is 9.74. The topological polar surface area (TPSA) is 68.4 Å². The number of nitrogens with zero attached hydrogens (tertiary/aromatic N) is 1. The molecule has 3 N–H and O–H groups in total. The van der Waals surface area contributed by atoms with E-state index in [1.54, 1.807) is 6.07 Å². The normalized spacial score (nSPS) is 18.5. The van der Waals surface area contributed by atoms with Gasteiger partial charge in [-0.2, -0.15) is 0 Å². The van der Waals surface area contributed by atoms with Crippen molar-refractivity contribution in [1.29, 1.82) is 0 Å². The summed E-state index contributed by atoms with van der Waals surface area (Å²) in [5.74, 6) is 0.450. The van der Waals surface area contributed by atoms with Crippen LogP contribution in [-0.4, -0.2) is 47.8 Å². The Morgan fingerprint density at radius 2 is 2.15 bits per heavy atom. The highest BCUT2D eigenvalue weighted by Gasteiger charge is 2.18.